The second kappa shape index (κ2) is 6.20. The molecule has 2 N–H and O–H groups in total. The molecule has 0 unspecified atom stereocenters. The van der Waals surface area contributed by atoms with Crippen LogP contribution in [0, 0.1) is 6.92 Å². The summed E-state index contributed by atoms with van der Waals surface area (Å²) >= 11 is 6.05. The Bertz CT molecular complexity index is 494. The van der Waals surface area contributed by atoms with Crippen LogP contribution in [0.25, 0.3) is 6.08 Å². The summed E-state index contributed by atoms with van der Waals surface area (Å²) in [6.45, 7) is 3.66. The van der Waals surface area contributed by atoms with Crippen LogP contribution < -0.4 is 5.73 Å². The summed E-state index contributed by atoms with van der Waals surface area (Å²) in [5.41, 5.74) is 6.15. The number of aromatic nitrogens is 2. The van der Waals surface area contributed by atoms with Crippen LogP contribution in [0.4, 0.5) is 0 Å². The number of halogens is 1. The smallest absolute Gasteiger partial charge is 0.327 e. The maximum atomic E-state index is 11.3. The van der Waals surface area contributed by atoms with Gasteiger partial charge in [0.15, 0.2) is 0 Å². The number of amides is 1. The Balaban J connectivity index is 2.93. The van der Waals surface area contributed by atoms with E-state index in [0.717, 1.165) is 0 Å². The Morgan fingerprint density at radius 1 is 1.56 bits per heavy atom. The van der Waals surface area contributed by atoms with Crippen molar-refractivity contribution in [3.63, 3.8) is 0 Å². The number of ether oxygens (including phenoxy) is 1. The minimum Gasteiger partial charge on any atom is -0.465 e. The van der Waals surface area contributed by atoms with Gasteiger partial charge in [0.05, 0.1) is 12.3 Å². The standard InChI is InChI=1S/C11H14ClN3O3/c1-3-18-10(17)6-15-11(12)8(7(2)14-15)4-5-9(13)16/h4-5H,3,6H2,1-2H3,(H2,13,16)/b5-4-. The molecule has 18 heavy (non-hydrogen) atoms. The zero-order valence-electron chi connectivity index (χ0n) is 10.1. The van der Waals surface area contributed by atoms with Crippen LogP contribution in [0.15, 0.2) is 6.08 Å². The van der Waals surface area contributed by atoms with Gasteiger partial charge in [-0.25, -0.2) is 4.68 Å². The van der Waals surface area contributed by atoms with Gasteiger partial charge in [-0.1, -0.05) is 11.6 Å². The molecular weight excluding hydrogens is 258 g/mol. The molecule has 7 heteroatoms. The second-order valence-corrected chi connectivity index (χ2v) is 3.85. The van der Waals surface area contributed by atoms with Gasteiger partial charge in [-0.2, -0.15) is 5.10 Å². The lowest BCUT2D eigenvalue weighted by atomic mass is 10.2. The van der Waals surface area contributed by atoms with Crippen molar-refractivity contribution in [1.82, 2.24) is 9.78 Å². The molecule has 1 rings (SSSR count). The average molecular weight is 272 g/mol. The molecule has 0 aliphatic carbocycles. The molecule has 0 bridgehead atoms. The molecule has 1 heterocycles. The summed E-state index contributed by atoms with van der Waals surface area (Å²) in [5.74, 6) is -1.00. The summed E-state index contributed by atoms with van der Waals surface area (Å²) in [6, 6.07) is 0. The van der Waals surface area contributed by atoms with Crippen LogP contribution in [0.3, 0.4) is 0 Å². The van der Waals surface area contributed by atoms with Crippen LogP contribution >= 0.6 is 11.6 Å². The number of esters is 1. The van der Waals surface area contributed by atoms with Crippen molar-refractivity contribution >= 4 is 29.6 Å². The van der Waals surface area contributed by atoms with Crippen molar-refractivity contribution in [2.75, 3.05) is 6.61 Å². The Morgan fingerprint density at radius 2 is 2.22 bits per heavy atom. The van der Waals surface area contributed by atoms with Crippen molar-refractivity contribution in [1.29, 1.82) is 0 Å². The fourth-order valence-electron chi connectivity index (χ4n) is 1.36. The third kappa shape index (κ3) is 3.59. The Morgan fingerprint density at radius 3 is 2.78 bits per heavy atom. The van der Waals surface area contributed by atoms with E-state index < -0.39 is 11.9 Å². The quantitative estimate of drug-likeness (QED) is 0.637. The molecule has 0 spiro atoms. The first kappa shape index (κ1) is 14.2. The fraction of sp³-hybridized carbons (Fsp3) is 0.364. The maximum Gasteiger partial charge on any atom is 0.327 e. The van der Waals surface area contributed by atoms with Gasteiger partial charge in [-0.05, 0) is 19.9 Å². The monoisotopic (exact) mass is 271 g/mol. The number of primary amides is 1. The van der Waals surface area contributed by atoms with Gasteiger partial charge in [0.2, 0.25) is 5.91 Å². The Labute approximate surface area is 109 Å². The summed E-state index contributed by atoms with van der Waals surface area (Å²) in [7, 11) is 0. The normalized spacial score (nSPS) is 10.8. The largest absolute Gasteiger partial charge is 0.465 e. The highest BCUT2D eigenvalue weighted by Crippen LogP contribution is 2.21. The molecule has 0 aliphatic heterocycles. The predicted octanol–water partition coefficient (Wildman–Crippen LogP) is 0.907. The number of hydrogen-bond acceptors (Lipinski definition) is 4. The Hall–Kier alpha value is -1.82. The van der Waals surface area contributed by atoms with Crippen LogP contribution in [0.2, 0.25) is 5.15 Å². The molecule has 0 atom stereocenters. The first-order valence-corrected chi connectivity index (χ1v) is 5.69. The number of nitrogens with zero attached hydrogens (tertiary/aromatic N) is 2. The van der Waals surface area contributed by atoms with Gasteiger partial charge in [0.25, 0.3) is 0 Å². The van der Waals surface area contributed by atoms with E-state index in [2.05, 4.69) is 5.10 Å². The van der Waals surface area contributed by atoms with Gasteiger partial charge in [0.1, 0.15) is 11.7 Å². The zero-order chi connectivity index (χ0) is 13.7. The molecule has 0 radical (unpaired) electrons. The van der Waals surface area contributed by atoms with Crippen LogP contribution in [-0.2, 0) is 20.9 Å². The predicted molar refractivity (Wildman–Crippen MR) is 66.8 cm³/mol. The Kier molecular flexibility index (Phi) is 4.91. The molecule has 0 aromatic carbocycles. The summed E-state index contributed by atoms with van der Waals surface area (Å²) in [6.07, 6.45) is 2.65. The van der Waals surface area contributed by atoms with Gasteiger partial charge in [-0.15, -0.1) is 0 Å². The molecule has 0 saturated heterocycles. The molecule has 0 fully saturated rings. The highest BCUT2D eigenvalue weighted by molar-refractivity contribution is 6.31. The third-order valence-electron chi connectivity index (χ3n) is 2.11. The van der Waals surface area contributed by atoms with E-state index in [0.29, 0.717) is 17.9 Å². The zero-order valence-corrected chi connectivity index (χ0v) is 10.9. The topological polar surface area (TPSA) is 87.2 Å². The average Bonchev–Trinajstić information content (AvgIpc) is 2.52. The number of carbonyl (C=O) groups is 2. The maximum absolute atomic E-state index is 11.3. The first-order valence-electron chi connectivity index (χ1n) is 5.31. The van der Waals surface area contributed by atoms with Gasteiger partial charge >= 0.3 is 5.97 Å². The molecular formula is C11H14ClN3O3. The van der Waals surface area contributed by atoms with Crippen molar-refractivity contribution in [2.24, 2.45) is 5.73 Å². The summed E-state index contributed by atoms with van der Waals surface area (Å²) in [4.78, 5) is 22.0. The van der Waals surface area contributed by atoms with E-state index in [-0.39, 0.29) is 11.7 Å². The summed E-state index contributed by atoms with van der Waals surface area (Å²) < 4.78 is 6.11. The second-order valence-electron chi connectivity index (χ2n) is 3.49. The minimum atomic E-state index is -0.580. The SMILES string of the molecule is CCOC(=O)Cn1nc(C)c(/C=C\C(N)=O)c1Cl. The lowest BCUT2D eigenvalue weighted by molar-refractivity contribution is -0.144. The molecule has 0 saturated carbocycles. The number of rotatable bonds is 5. The highest BCUT2D eigenvalue weighted by Gasteiger charge is 2.14. The van der Waals surface area contributed by atoms with Crippen LogP contribution in [0.5, 0.6) is 0 Å². The van der Waals surface area contributed by atoms with E-state index in [1.54, 1.807) is 13.8 Å². The van der Waals surface area contributed by atoms with E-state index in [1.165, 1.54) is 16.8 Å². The lowest BCUT2D eigenvalue weighted by Gasteiger charge is -2.02. The molecule has 1 aromatic rings. The van der Waals surface area contributed by atoms with E-state index in [9.17, 15) is 9.59 Å². The number of aryl methyl sites for hydroxylation is 1. The van der Waals surface area contributed by atoms with E-state index in [4.69, 9.17) is 22.1 Å². The van der Waals surface area contributed by atoms with Gasteiger partial charge in [-0.3, -0.25) is 9.59 Å². The van der Waals surface area contributed by atoms with Crippen molar-refractivity contribution < 1.29 is 14.3 Å². The van der Waals surface area contributed by atoms with Crippen molar-refractivity contribution in [3.05, 3.63) is 22.5 Å². The fourth-order valence-corrected chi connectivity index (χ4v) is 1.65. The third-order valence-corrected chi connectivity index (χ3v) is 2.51. The summed E-state index contributed by atoms with van der Waals surface area (Å²) in [5, 5.41) is 4.35. The first-order chi connectivity index (χ1) is 8.45. The van der Waals surface area contributed by atoms with Gasteiger partial charge < -0.3 is 10.5 Å². The molecule has 1 aromatic heterocycles. The number of nitrogens with two attached hydrogens (primary N) is 1. The van der Waals surface area contributed by atoms with Crippen LogP contribution in [0.1, 0.15) is 18.2 Å². The molecule has 0 aliphatic rings. The lowest BCUT2D eigenvalue weighted by Crippen LogP contribution is -2.14. The molecule has 98 valence electrons. The minimum absolute atomic E-state index is 0.0715. The van der Waals surface area contributed by atoms with Crippen molar-refractivity contribution in [3.8, 4) is 0 Å². The van der Waals surface area contributed by atoms with E-state index >= 15 is 0 Å². The van der Waals surface area contributed by atoms with Gasteiger partial charge in [0, 0.05) is 11.6 Å². The van der Waals surface area contributed by atoms with Crippen LogP contribution in [-0.4, -0.2) is 28.3 Å². The number of hydrogen-bond donors (Lipinski definition) is 1. The number of carbonyl (C=O) groups excluding carboxylic acids is 2. The molecule has 6 nitrogen and oxygen atoms in total. The molecule has 1 amide bonds. The van der Waals surface area contributed by atoms with E-state index in [1.807, 2.05) is 0 Å². The highest BCUT2D eigenvalue weighted by atomic mass is 35.5. The van der Waals surface area contributed by atoms with Crippen molar-refractivity contribution in [2.45, 2.75) is 20.4 Å².